The van der Waals surface area contributed by atoms with Crippen molar-refractivity contribution in [1.82, 2.24) is 0 Å². The standard InChI is InChI=1S/C18H38N2O3/c1-2-3-4-10-13-16(21)14-11-8-6-5-7-9-12-15-18(19,20)17(22)23/h16,21H,2-15,19-20H2,1H3,(H,22,23). The van der Waals surface area contributed by atoms with Gasteiger partial charge in [-0.1, -0.05) is 71.1 Å². The highest BCUT2D eigenvalue weighted by atomic mass is 16.4. The van der Waals surface area contributed by atoms with E-state index in [1.165, 1.54) is 32.1 Å². The molecule has 0 bridgehead atoms. The SMILES string of the molecule is CCCCCCC(O)CCCCCCCCCC(N)(N)C(=O)O. The first-order valence-electron chi connectivity index (χ1n) is 9.39. The fourth-order valence-corrected chi connectivity index (χ4v) is 2.74. The normalized spacial score (nSPS) is 13.2. The molecule has 0 heterocycles. The number of rotatable bonds is 16. The number of aliphatic hydroxyl groups excluding tert-OH is 1. The highest BCUT2D eigenvalue weighted by molar-refractivity contribution is 5.77. The number of carbonyl (C=O) groups is 1. The zero-order valence-electron chi connectivity index (χ0n) is 14.9. The van der Waals surface area contributed by atoms with Crippen LogP contribution in [0.1, 0.15) is 96.8 Å². The molecule has 0 aromatic carbocycles. The summed E-state index contributed by atoms with van der Waals surface area (Å²) < 4.78 is 0. The molecule has 0 aliphatic rings. The first-order chi connectivity index (χ1) is 10.9. The molecule has 0 aliphatic heterocycles. The minimum atomic E-state index is -1.58. The molecule has 0 aromatic rings. The number of hydrogen-bond donors (Lipinski definition) is 4. The van der Waals surface area contributed by atoms with Gasteiger partial charge in [0.15, 0.2) is 5.66 Å². The van der Waals surface area contributed by atoms with Crippen molar-refractivity contribution in [2.45, 2.75) is 109 Å². The van der Waals surface area contributed by atoms with Crippen molar-refractivity contribution in [3.63, 3.8) is 0 Å². The Morgan fingerprint density at radius 2 is 1.30 bits per heavy atom. The monoisotopic (exact) mass is 330 g/mol. The van der Waals surface area contributed by atoms with E-state index in [4.69, 9.17) is 16.6 Å². The van der Waals surface area contributed by atoms with Crippen LogP contribution in [0.4, 0.5) is 0 Å². The van der Waals surface area contributed by atoms with Gasteiger partial charge in [-0.05, 0) is 25.7 Å². The van der Waals surface area contributed by atoms with E-state index < -0.39 is 11.6 Å². The van der Waals surface area contributed by atoms with E-state index >= 15 is 0 Å². The summed E-state index contributed by atoms with van der Waals surface area (Å²) in [7, 11) is 0. The maximum Gasteiger partial charge on any atom is 0.338 e. The van der Waals surface area contributed by atoms with E-state index in [9.17, 15) is 9.90 Å². The van der Waals surface area contributed by atoms with Gasteiger partial charge in [-0.2, -0.15) is 0 Å². The van der Waals surface area contributed by atoms with E-state index in [0.29, 0.717) is 6.42 Å². The maximum absolute atomic E-state index is 10.7. The molecule has 5 heteroatoms. The van der Waals surface area contributed by atoms with Crippen LogP contribution in [-0.4, -0.2) is 27.9 Å². The molecule has 6 N–H and O–H groups in total. The molecule has 138 valence electrons. The number of aliphatic carboxylic acids is 1. The quantitative estimate of drug-likeness (QED) is 0.256. The third kappa shape index (κ3) is 13.5. The van der Waals surface area contributed by atoms with E-state index in [1.807, 2.05) is 0 Å². The molecular weight excluding hydrogens is 292 g/mol. The van der Waals surface area contributed by atoms with E-state index in [1.54, 1.807) is 0 Å². The van der Waals surface area contributed by atoms with Crippen LogP contribution in [-0.2, 0) is 4.79 Å². The van der Waals surface area contributed by atoms with Crippen LogP contribution in [0.3, 0.4) is 0 Å². The number of unbranched alkanes of at least 4 members (excludes halogenated alkanes) is 9. The Morgan fingerprint density at radius 1 is 0.870 bits per heavy atom. The lowest BCUT2D eigenvalue weighted by atomic mass is 10.0. The Kier molecular flexibility index (Phi) is 13.4. The van der Waals surface area contributed by atoms with Crippen molar-refractivity contribution in [2.75, 3.05) is 0 Å². The number of aliphatic hydroxyl groups is 1. The number of hydrogen-bond acceptors (Lipinski definition) is 4. The van der Waals surface area contributed by atoms with Crippen LogP contribution in [0.25, 0.3) is 0 Å². The van der Waals surface area contributed by atoms with E-state index in [2.05, 4.69) is 6.92 Å². The van der Waals surface area contributed by atoms with Crippen LogP contribution >= 0.6 is 0 Å². The van der Waals surface area contributed by atoms with Gasteiger partial charge in [-0.15, -0.1) is 0 Å². The summed E-state index contributed by atoms with van der Waals surface area (Å²) in [5.41, 5.74) is 9.37. The molecule has 0 radical (unpaired) electrons. The molecular formula is C18H38N2O3. The predicted octanol–water partition coefficient (Wildman–Crippen LogP) is 3.53. The van der Waals surface area contributed by atoms with E-state index in [0.717, 1.165) is 51.4 Å². The molecule has 0 aromatic heterocycles. The van der Waals surface area contributed by atoms with Gasteiger partial charge in [0.1, 0.15) is 0 Å². The fourth-order valence-electron chi connectivity index (χ4n) is 2.74. The number of carboxylic acids is 1. The molecule has 0 amide bonds. The Bertz CT molecular complexity index is 296. The molecule has 1 atom stereocenters. The zero-order chi connectivity index (χ0) is 17.6. The number of nitrogens with two attached hydrogens (primary N) is 2. The first-order valence-corrected chi connectivity index (χ1v) is 9.39. The molecule has 5 nitrogen and oxygen atoms in total. The minimum Gasteiger partial charge on any atom is -0.479 e. The highest BCUT2D eigenvalue weighted by Gasteiger charge is 2.27. The van der Waals surface area contributed by atoms with Gasteiger partial charge in [0.2, 0.25) is 0 Å². The third-order valence-corrected chi connectivity index (χ3v) is 4.42. The molecule has 0 saturated heterocycles. The summed E-state index contributed by atoms with van der Waals surface area (Å²) in [4.78, 5) is 10.7. The van der Waals surface area contributed by atoms with Crippen molar-refractivity contribution in [2.24, 2.45) is 11.5 Å². The summed E-state index contributed by atoms with van der Waals surface area (Å²) >= 11 is 0. The lowest BCUT2D eigenvalue weighted by Gasteiger charge is -2.18. The van der Waals surface area contributed by atoms with Gasteiger partial charge in [0, 0.05) is 0 Å². The molecule has 0 rings (SSSR count). The molecule has 0 fully saturated rings. The van der Waals surface area contributed by atoms with Crippen molar-refractivity contribution in [3.8, 4) is 0 Å². The second-order valence-electron chi connectivity index (χ2n) is 6.86. The van der Waals surface area contributed by atoms with Crippen molar-refractivity contribution in [3.05, 3.63) is 0 Å². The lowest BCUT2D eigenvalue weighted by molar-refractivity contribution is -0.143. The lowest BCUT2D eigenvalue weighted by Crippen LogP contribution is -2.56. The summed E-state index contributed by atoms with van der Waals surface area (Å²) in [5.74, 6) is -1.13. The zero-order valence-corrected chi connectivity index (χ0v) is 14.9. The van der Waals surface area contributed by atoms with Gasteiger partial charge in [-0.3, -0.25) is 0 Å². The van der Waals surface area contributed by atoms with Crippen LogP contribution in [0.5, 0.6) is 0 Å². The molecule has 0 spiro atoms. The highest BCUT2D eigenvalue weighted by Crippen LogP contribution is 2.14. The number of carboxylic acid groups (broad SMARTS) is 1. The molecule has 1 unspecified atom stereocenters. The smallest absolute Gasteiger partial charge is 0.338 e. The second kappa shape index (κ2) is 13.8. The van der Waals surface area contributed by atoms with Crippen molar-refractivity contribution >= 4 is 5.97 Å². The largest absolute Gasteiger partial charge is 0.479 e. The minimum absolute atomic E-state index is 0.120. The van der Waals surface area contributed by atoms with Crippen LogP contribution in [0, 0.1) is 0 Å². The van der Waals surface area contributed by atoms with E-state index in [-0.39, 0.29) is 6.10 Å². The van der Waals surface area contributed by atoms with Gasteiger partial charge < -0.3 is 21.7 Å². The average molecular weight is 331 g/mol. The Labute approximate surface area is 141 Å². The Morgan fingerprint density at radius 3 is 1.78 bits per heavy atom. The van der Waals surface area contributed by atoms with Crippen molar-refractivity contribution < 1.29 is 15.0 Å². The van der Waals surface area contributed by atoms with Gasteiger partial charge in [-0.25, -0.2) is 4.79 Å². The summed E-state index contributed by atoms with van der Waals surface area (Å²) in [6.45, 7) is 2.20. The summed E-state index contributed by atoms with van der Waals surface area (Å²) in [5, 5.41) is 18.7. The van der Waals surface area contributed by atoms with Crippen LogP contribution < -0.4 is 11.5 Å². The summed E-state index contributed by atoms with van der Waals surface area (Å²) in [6, 6.07) is 0. The van der Waals surface area contributed by atoms with Gasteiger partial charge in [0.05, 0.1) is 6.10 Å². The second-order valence-corrected chi connectivity index (χ2v) is 6.86. The van der Waals surface area contributed by atoms with Gasteiger partial charge in [0.25, 0.3) is 0 Å². The van der Waals surface area contributed by atoms with Crippen LogP contribution in [0.2, 0.25) is 0 Å². The topological polar surface area (TPSA) is 110 Å². The molecule has 0 aliphatic carbocycles. The van der Waals surface area contributed by atoms with Crippen molar-refractivity contribution in [1.29, 1.82) is 0 Å². The van der Waals surface area contributed by atoms with Crippen LogP contribution in [0.15, 0.2) is 0 Å². The maximum atomic E-state index is 10.7. The fraction of sp³-hybridized carbons (Fsp3) is 0.944. The predicted molar refractivity (Wildman–Crippen MR) is 95.1 cm³/mol. The Balaban J connectivity index is 3.32. The third-order valence-electron chi connectivity index (χ3n) is 4.42. The molecule has 23 heavy (non-hydrogen) atoms. The first kappa shape index (κ1) is 22.4. The Hall–Kier alpha value is -0.650. The van der Waals surface area contributed by atoms with Gasteiger partial charge >= 0.3 is 5.97 Å². The summed E-state index contributed by atoms with van der Waals surface area (Å²) in [6.07, 6.45) is 14.4. The average Bonchev–Trinajstić information content (AvgIpc) is 2.49. The molecule has 0 saturated carbocycles.